The second kappa shape index (κ2) is 4.23. The van der Waals surface area contributed by atoms with Crippen molar-refractivity contribution in [2.75, 3.05) is 0 Å². The minimum absolute atomic E-state index is 0.223. The van der Waals surface area contributed by atoms with Crippen LogP contribution in [0.25, 0.3) is 0 Å². The molecule has 0 spiro atoms. The van der Waals surface area contributed by atoms with E-state index in [-0.39, 0.29) is 17.6 Å². The first-order valence-electron chi connectivity index (χ1n) is 5.21. The zero-order valence-corrected chi connectivity index (χ0v) is 8.97. The minimum Gasteiger partial charge on any atom is -0.423 e. The maximum Gasteiger partial charge on any atom is 0.488 e. The van der Waals surface area contributed by atoms with Gasteiger partial charge >= 0.3 is 7.12 Å². The summed E-state index contributed by atoms with van der Waals surface area (Å²) in [6.45, 7) is 1.71. The molecular formula is C10H13BN2O3. The van der Waals surface area contributed by atoms with E-state index in [4.69, 9.17) is 10.0 Å². The highest BCUT2D eigenvalue weighted by molar-refractivity contribution is 6.59. The Morgan fingerprint density at radius 3 is 2.81 bits per heavy atom. The quantitative estimate of drug-likeness (QED) is 0.568. The Bertz CT molecular complexity index is 419. The molecule has 0 atom stereocenters. The van der Waals surface area contributed by atoms with Crippen molar-refractivity contribution in [3.8, 4) is 0 Å². The Labute approximate surface area is 93.7 Å². The molecule has 5 nitrogen and oxygen atoms in total. The van der Waals surface area contributed by atoms with Gasteiger partial charge in [-0.25, -0.2) is 0 Å². The summed E-state index contributed by atoms with van der Waals surface area (Å²) in [7, 11) is -1.57. The average molecular weight is 220 g/mol. The first kappa shape index (κ1) is 11.1. The van der Waals surface area contributed by atoms with Crippen LogP contribution in [0.1, 0.15) is 28.9 Å². The van der Waals surface area contributed by atoms with Crippen molar-refractivity contribution < 1.29 is 14.8 Å². The normalized spacial score (nSPS) is 14.7. The van der Waals surface area contributed by atoms with Crippen molar-refractivity contribution in [2.24, 2.45) is 0 Å². The van der Waals surface area contributed by atoms with Gasteiger partial charge in [-0.1, -0.05) is 0 Å². The molecule has 0 aromatic carbocycles. The van der Waals surface area contributed by atoms with E-state index in [9.17, 15) is 4.79 Å². The number of aryl methyl sites for hydroxylation is 1. The third kappa shape index (κ3) is 2.40. The van der Waals surface area contributed by atoms with Crippen LogP contribution in [0.3, 0.4) is 0 Å². The first-order chi connectivity index (χ1) is 7.58. The summed E-state index contributed by atoms with van der Waals surface area (Å²) < 4.78 is 0. The van der Waals surface area contributed by atoms with Crippen LogP contribution in [0.4, 0.5) is 0 Å². The van der Waals surface area contributed by atoms with Gasteiger partial charge in [-0.2, -0.15) is 0 Å². The van der Waals surface area contributed by atoms with Gasteiger partial charge in [0.05, 0.1) is 0 Å². The van der Waals surface area contributed by atoms with Crippen LogP contribution in [0.2, 0.25) is 0 Å². The van der Waals surface area contributed by atoms with Crippen LogP contribution in [0.5, 0.6) is 0 Å². The highest BCUT2D eigenvalue weighted by Gasteiger charge is 2.25. The van der Waals surface area contributed by atoms with E-state index in [1.54, 1.807) is 6.92 Å². The molecule has 16 heavy (non-hydrogen) atoms. The second-order valence-electron chi connectivity index (χ2n) is 4.05. The summed E-state index contributed by atoms with van der Waals surface area (Å²) in [4.78, 5) is 15.6. The van der Waals surface area contributed by atoms with Crippen LogP contribution in [0, 0.1) is 6.92 Å². The molecule has 1 aliphatic rings. The number of amides is 1. The molecule has 84 valence electrons. The van der Waals surface area contributed by atoms with Crippen molar-refractivity contribution in [1.29, 1.82) is 0 Å². The monoisotopic (exact) mass is 220 g/mol. The molecule has 0 radical (unpaired) electrons. The smallest absolute Gasteiger partial charge is 0.423 e. The van der Waals surface area contributed by atoms with Gasteiger partial charge in [0.25, 0.3) is 5.91 Å². The zero-order chi connectivity index (χ0) is 11.7. The maximum atomic E-state index is 11.6. The fraction of sp³-hybridized carbons (Fsp3) is 0.400. The summed E-state index contributed by atoms with van der Waals surface area (Å²) in [5, 5.41) is 21.0. The minimum atomic E-state index is -1.57. The lowest BCUT2D eigenvalue weighted by atomic mass is 9.78. The molecule has 1 amide bonds. The fourth-order valence-electron chi connectivity index (χ4n) is 1.43. The SMILES string of the molecule is Cc1cnc(C(=O)NC2CC2)cc1B(O)O. The Hall–Kier alpha value is -1.40. The lowest BCUT2D eigenvalue weighted by molar-refractivity contribution is 0.0946. The van der Waals surface area contributed by atoms with E-state index in [2.05, 4.69) is 10.3 Å². The number of carbonyl (C=O) groups excluding carboxylic acids is 1. The van der Waals surface area contributed by atoms with E-state index < -0.39 is 7.12 Å². The molecule has 2 rings (SSSR count). The molecule has 0 unspecified atom stereocenters. The molecule has 1 aliphatic carbocycles. The average Bonchev–Trinajstić information content (AvgIpc) is 3.01. The van der Waals surface area contributed by atoms with Gasteiger partial charge in [0.15, 0.2) is 0 Å². The summed E-state index contributed by atoms with van der Waals surface area (Å²) in [6.07, 6.45) is 3.48. The van der Waals surface area contributed by atoms with Crippen molar-refractivity contribution in [1.82, 2.24) is 10.3 Å². The predicted octanol–water partition coefficient (Wildman–Crippen LogP) is -1.04. The summed E-state index contributed by atoms with van der Waals surface area (Å²) in [5.74, 6) is -0.260. The van der Waals surface area contributed by atoms with E-state index in [0.29, 0.717) is 11.0 Å². The van der Waals surface area contributed by atoms with Gasteiger partial charge < -0.3 is 15.4 Å². The number of hydrogen-bond acceptors (Lipinski definition) is 4. The molecular weight excluding hydrogens is 207 g/mol. The van der Waals surface area contributed by atoms with Crippen molar-refractivity contribution >= 4 is 18.5 Å². The van der Waals surface area contributed by atoms with E-state index in [1.807, 2.05) is 0 Å². The largest absolute Gasteiger partial charge is 0.488 e. The molecule has 1 aromatic heterocycles. The highest BCUT2D eigenvalue weighted by Crippen LogP contribution is 2.18. The van der Waals surface area contributed by atoms with E-state index in [1.165, 1.54) is 12.3 Å². The van der Waals surface area contributed by atoms with Crippen molar-refractivity contribution in [2.45, 2.75) is 25.8 Å². The molecule has 1 aromatic rings. The van der Waals surface area contributed by atoms with E-state index in [0.717, 1.165) is 12.8 Å². The van der Waals surface area contributed by atoms with Crippen LogP contribution < -0.4 is 10.8 Å². The molecule has 0 saturated heterocycles. The number of aromatic nitrogens is 1. The van der Waals surface area contributed by atoms with Crippen LogP contribution in [-0.2, 0) is 0 Å². The molecule has 1 saturated carbocycles. The van der Waals surface area contributed by atoms with Crippen molar-refractivity contribution in [3.05, 3.63) is 23.5 Å². The number of hydrogen-bond donors (Lipinski definition) is 3. The number of rotatable bonds is 3. The zero-order valence-electron chi connectivity index (χ0n) is 8.97. The summed E-state index contributed by atoms with van der Waals surface area (Å²) in [5.41, 5.74) is 1.19. The Kier molecular flexibility index (Phi) is 2.94. The standard InChI is InChI=1S/C10H13BN2O3/c1-6-5-12-9(4-8(6)11(15)16)10(14)13-7-2-3-7/h4-5,7,15-16H,2-3H2,1H3,(H,13,14). The van der Waals surface area contributed by atoms with Crippen LogP contribution in [0.15, 0.2) is 12.3 Å². The highest BCUT2D eigenvalue weighted by atomic mass is 16.4. The second-order valence-corrected chi connectivity index (χ2v) is 4.05. The Morgan fingerprint density at radius 1 is 1.56 bits per heavy atom. The molecule has 0 bridgehead atoms. The summed E-state index contributed by atoms with van der Waals surface area (Å²) in [6, 6.07) is 1.68. The van der Waals surface area contributed by atoms with Gasteiger partial charge in [-0.3, -0.25) is 9.78 Å². The van der Waals surface area contributed by atoms with Gasteiger partial charge in [0, 0.05) is 12.2 Å². The molecule has 0 aliphatic heterocycles. The number of nitrogens with one attached hydrogen (secondary N) is 1. The third-order valence-electron chi connectivity index (χ3n) is 2.57. The van der Waals surface area contributed by atoms with Gasteiger partial charge in [-0.05, 0) is 36.9 Å². The lowest BCUT2D eigenvalue weighted by Gasteiger charge is -2.07. The van der Waals surface area contributed by atoms with Gasteiger partial charge in [0.1, 0.15) is 5.69 Å². The third-order valence-corrected chi connectivity index (χ3v) is 2.57. The molecule has 1 heterocycles. The summed E-state index contributed by atoms with van der Waals surface area (Å²) >= 11 is 0. The van der Waals surface area contributed by atoms with Gasteiger partial charge in [0.2, 0.25) is 0 Å². The molecule has 3 N–H and O–H groups in total. The van der Waals surface area contributed by atoms with E-state index >= 15 is 0 Å². The number of nitrogens with zero attached hydrogens (tertiary/aromatic N) is 1. The first-order valence-corrected chi connectivity index (χ1v) is 5.21. The molecule has 6 heteroatoms. The topological polar surface area (TPSA) is 82.5 Å². The van der Waals surface area contributed by atoms with Gasteiger partial charge in [-0.15, -0.1) is 0 Å². The van der Waals surface area contributed by atoms with Crippen molar-refractivity contribution in [3.63, 3.8) is 0 Å². The number of pyridine rings is 1. The number of carbonyl (C=O) groups is 1. The Morgan fingerprint density at radius 2 is 2.25 bits per heavy atom. The van der Waals surface area contributed by atoms with Crippen LogP contribution in [-0.4, -0.2) is 34.1 Å². The Balaban J connectivity index is 2.20. The maximum absolute atomic E-state index is 11.6. The van der Waals surface area contributed by atoms with Crippen LogP contribution >= 0.6 is 0 Å². The molecule has 1 fully saturated rings. The fourth-order valence-corrected chi connectivity index (χ4v) is 1.43. The lowest BCUT2D eigenvalue weighted by Crippen LogP contribution is -2.35. The predicted molar refractivity (Wildman–Crippen MR) is 59.3 cm³/mol.